The average molecular weight is 414 g/mol. The first kappa shape index (κ1) is 20.3. The lowest BCUT2D eigenvalue weighted by molar-refractivity contribution is 0.188. The predicted molar refractivity (Wildman–Crippen MR) is 117 cm³/mol. The minimum atomic E-state index is 0.741. The molecule has 0 amide bonds. The Morgan fingerprint density at radius 1 is 1.42 bits per heavy atom. The molecule has 6 heteroatoms. The molecule has 0 saturated carbocycles. The number of fused-ring (bicyclic) bond motifs is 1. The van der Waals surface area contributed by atoms with Crippen molar-refractivity contribution in [3.8, 4) is 0 Å². The zero-order valence-corrected chi connectivity index (χ0v) is 18.5. The van der Waals surface area contributed by atoms with E-state index in [1.165, 1.54) is 42.8 Å². The van der Waals surface area contributed by atoms with E-state index in [1.54, 1.807) is 12.1 Å². The predicted octanol–water partition coefficient (Wildman–Crippen LogP) is 6.16. The fraction of sp³-hybridized carbons (Fsp3) is 0.600. The molecule has 26 heavy (non-hydrogen) atoms. The van der Waals surface area contributed by atoms with Gasteiger partial charge in [0.2, 0.25) is 0 Å². The Morgan fingerprint density at radius 3 is 2.88 bits per heavy atom. The Morgan fingerprint density at radius 2 is 2.19 bits per heavy atom. The molecule has 0 spiro atoms. The van der Waals surface area contributed by atoms with Gasteiger partial charge in [0.05, 0.1) is 10.7 Å². The van der Waals surface area contributed by atoms with Crippen molar-refractivity contribution in [3.63, 3.8) is 0 Å². The number of likely N-dealkylation sites (tertiary alicyclic amines) is 1. The molecule has 0 bridgehead atoms. The number of nitrogens with zero attached hydrogens (tertiary/aromatic N) is 2. The summed E-state index contributed by atoms with van der Waals surface area (Å²) in [6.45, 7) is 10.8. The van der Waals surface area contributed by atoms with Gasteiger partial charge >= 0.3 is 0 Å². The number of halogens is 2. The van der Waals surface area contributed by atoms with E-state index in [1.807, 2.05) is 0 Å². The van der Waals surface area contributed by atoms with Crippen LogP contribution in [0.3, 0.4) is 0 Å². The van der Waals surface area contributed by atoms with E-state index in [0.29, 0.717) is 0 Å². The highest BCUT2D eigenvalue weighted by molar-refractivity contribution is 7.98. The Hall–Kier alpha value is -0.390. The lowest BCUT2D eigenvalue weighted by Crippen LogP contribution is -2.38. The molecule has 0 aliphatic carbocycles. The van der Waals surface area contributed by atoms with Gasteiger partial charge in [-0.3, -0.25) is 0 Å². The van der Waals surface area contributed by atoms with E-state index >= 15 is 0 Å². The standard InChI is InChI=1S/C20H29Cl2N3S/c1-5-13(2)19(22)18-14(3)20-16(9-17(18)21)12-25(26-23-20)11-15-7-6-8-24(4)10-15/h9,15,23H,5-8,10-12H2,1-4H3/b19-13+. The third-order valence-corrected chi connectivity index (χ3v) is 7.18. The van der Waals surface area contributed by atoms with Gasteiger partial charge < -0.3 is 9.62 Å². The Labute approximate surface area is 172 Å². The lowest BCUT2D eigenvalue weighted by atomic mass is 9.97. The molecule has 1 N–H and O–H groups in total. The van der Waals surface area contributed by atoms with Crippen molar-refractivity contribution in [2.24, 2.45) is 5.92 Å². The number of allylic oxidation sites excluding steroid dienone is 1. The topological polar surface area (TPSA) is 18.5 Å². The van der Waals surface area contributed by atoms with Crippen LogP contribution in [0.1, 0.15) is 49.8 Å². The molecule has 3 rings (SSSR count). The fourth-order valence-electron chi connectivity index (χ4n) is 3.89. The maximum atomic E-state index is 6.64. The molecule has 144 valence electrons. The summed E-state index contributed by atoms with van der Waals surface area (Å²) >= 11 is 15.0. The highest BCUT2D eigenvalue weighted by Crippen LogP contribution is 2.42. The number of hydrogen-bond acceptors (Lipinski definition) is 4. The maximum absolute atomic E-state index is 6.64. The van der Waals surface area contributed by atoms with Crippen LogP contribution in [0.2, 0.25) is 5.02 Å². The first-order valence-corrected chi connectivity index (χ1v) is 11.0. The average Bonchev–Trinajstić information content (AvgIpc) is 2.60. The van der Waals surface area contributed by atoms with Gasteiger partial charge in [0, 0.05) is 42.4 Å². The van der Waals surface area contributed by atoms with Crippen LogP contribution in [0.4, 0.5) is 5.69 Å². The normalized spacial score (nSPS) is 22.6. The second kappa shape index (κ2) is 8.74. The smallest absolute Gasteiger partial charge is 0.0534 e. The second-order valence-corrected chi connectivity index (χ2v) is 9.31. The van der Waals surface area contributed by atoms with E-state index < -0.39 is 0 Å². The molecule has 1 unspecified atom stereocenters. The molecule has 0 aromatic heterocycles. The highest BCUT2D eigenvalue weighted by Gasteiger charge is 2.26. The number of piperidine rings is 1. The number of nitrogens with one attached hydrogen (secondary N) is 1. The van der Waals surface area contributed by atoms with Crippen molar-refractivity contribution in [1.82, 2.24) is 9.21 Å². The summed E-state index contributed by atoms with van der Waals surface area (Å²) in [6.07, 6.45) is 3.56. The molecule has 2 aliphatic heterocycles. The summed E-state index contributed by atoms with van der Waals surface area (Å²) < 4.78 is 5.98. The molecule has 1 fully saturated rings. The van der Waals surface area contributed by atoms with Crippen molar-refractivity contribution in [1.29, 1.82) is 0 Å². The van der Waals surface area contributed by atoms with Gasteiger partial charge in [-0.05, 0) is 69.8 Å². The van der Waals surface area contributed by atoms with E-state index in [0.717, 1.165) is 46.6 Å². The summed E-state index contributed by atoms with van der Waals surface area (Å²) in [5.74, 6) is 0.741. The largest absolute Gasteiger partial charge is 0.316 e. The Kier molecular flexibility index (Phi) is 6.84. The first-order chi connectivity index (χ1) is 12.4. The minimum Gasteiger partial charge on any atom is -0.316 e. The zero-order valence-electron chi connectivity index (χ0n) is 16.2. The van der Waals surface area contributed by atoms with Gasteiger partial charge in [0.25, 0.3) is 0 Å². The first-order valence-electron chi connectivity index (χ1n) is 9.44. The zero-order chi connectivity index (χ0) is 18.8. The summed E-state index contributed by atoms with van der Waals surface area (Å²) in [5.41, 5.74) is 5.73. The van der Waals surface area contributed by atoms with Crippen molar-refractivity contribution in [3.05, 3.63) is 33.4 Å². The molecule has 1 aromatic rings. The Balaban J connectivity index is 1.80. The van der Waals surface area contributed by atoms with Crippen molar-refractivity contribution in [2.45, 2.75) is 46.6 Å². The number of rotatable bonds is 4. The molecule has 1 aromatic carbocycles. The van der Waals surface area contributed by atoms with Crippen LogP contribution < -0.4 is 4.72 Å². The van der Waals surface area contributed by atoms with Crippen molar-refractivity contribution >= 4 is 46.1 Å². The number of hydrogen-bond donors (Lipinski definition) is 1. The van der Waals surface area contributed by atoms with Gasteiger partial charge in [-0.15, -0.1) is 0 Å². The quantitative estimate of drug-likeness (QED) is 0.595. The molecular weight excluding hydrogens is 385 g/mol. The van der Waals surface area contributed by atoms with Gasteiger partial charge in [-0.2, -0.15) is 0 Å². The molecule has 2 aliphatic rings. The molecule has 0 radical (unpaired) electrons. The molecule has 2 heterocycles. The van der Waals surface area contributed by atoms with Crippen LogP contribution in [0.15, 0.2) is 11.6 Å². The lowest BCUT2D eigenvalue weighted by Gasteiger charge is -2.36. The monoisotopic (exact) mass is 413 g/mol. The minimum absolute atomic E-state index is 0.741. The Bertz CT molecular complexity index is 705. The fourth-order valence-corrected chi connectivity index (χ4v) is 5.68. The maximum Gasteiger partial charge on any atom is 0.0534 e. The molecular formula is C20H29Cl2N3S. The van der Waals surface area contributed by atoms with Gasteiger partial charge in [0.15, 0.2) is 0 Å². The van der Waals surface area contributed by atoms with Crippen molar-refractivity contribution in [2.75, 3.05) is 31.4 Å². The van der Waals surface area contributed by atoms with Gasteiger partial charge in [0.1, 0.15) is 0 Å². The second-order valence-electron chi connectivity index (χ2n) is 7.63. The third-order valence-electron chi connectivity index (χ3n) is 5.54. The summed E-state index contributed by atoms with van der Waals surface area (Å²) in [7, 11) is 2.23. The number of benzene rings is 1. The summed E-state index contributed by atoms with van der Waals surface area (Å²) in [4.78, 5) is 2.45. The van der Waals surface area contributed by atoms with Crippen LogP contribution in [0.5, 0.6) is 0 Å². The SMILES string of the molecule is CC/C(C)=C(/Cl)c1c(Cl)cc2c(c1C)NSN(CC1CCCN(C)C1)C2. The molecule has 3 nitrogen and oxygen atoms in total. The van der Waals surface area contributed by atoms with Crippen LogP contribution in [0.25, 0.3) is 5.03 Å². The van der Waals surface area contributed by atoms with Crippen LogP contribution in [-0.4, -0.2) is 35.9 Å². The van der Waals surface area contributed by atoms with Gasteiger partial charge in [-0.25, -0.2) is 4.31 Å². The summed E-state index contributed by atoms with van der Waals surface area (Å²) in [5, 5.41) is 1.54. The van der Waals surface area contributed by atoms with Crippen LogP contribution in [-0.2, 0) is 6.54 Å². The van der Waals surface area contributed by atoms with Crippen LogP contribution >= 0.6 is 35.3 Å². The van der Waals surface area contributed by atoms with E-state index in [-0.39, 0.29) is 0 Å². The van der Waals surface area contributed by atoms with E-state index in [2.05, 4.69) is 47.8 Å². The highest BCUT2D eigenvalue weighted by atomic mass is 35.5. The molecule has 1 atom stereocenters. The van der Waals surface area contributed by atoms with E-state index in [9.17, 15) is 0 Å². The summed E-state index contributed by atoms with van der Waals surface area (Å²) in [6, 6.07) is 2.09. The molecule has 1 saturated heterocycles. The third kappa shape index (κ3) is 4.36. The van der Waals surface area contributed by atoms with Gasteiger partial charge in [-0.1, -0.05) is 35.7 Å². The van der Waals surface area contributed by atoms with Crippen LogP contribution in [0, 0.1) is 12.8 Å². The number of anilines is 1. The van der Waals surface area contributed by atoms with E-state index in [4.69, 9.17) is 23.2 Å². The van der Waals surface area contributed by atoms with Crippen molar-refractivity contribution < 1.29 is 0 Å².